The van der Waals surface area contributed by atoms with Crippen LogP contribution in [0.15, 0.2) is 72.9 Å². The van der Waals surface area contributed by atoms with Crippen molar-refractivity contribution >= 4 is 35.0 Å². The van der Waals surface area contributed by atoms with E-state index < -0.39 is 29.4 Å². The molecular weight excluding hydrogens is 551 g/mol. The molecule has 0 amide bonds. The van der Waals surface area contributed by atoms with Gasteiger partial charge in [0, 0.05) is 23.6 Å². The fourth-order valence-corrected chi connectivity index (χ4v) is 4.41. The van der Waals surface area contributed by atoms with Crippen molar-refractivity contribution in [3.05, 3.63) is 107 Å². The van der Waals surface area contributed by atoms with Crippen LogP contribution < -0.4 is 9.47 Å². The zero-order chi connectivity index (χ0) is 30.1. The van der Waals surface area contributed by atoms with Gasteiger partial charge >= 0.3 is 11.9 Å². The fraction of sp³-hybridized carbons (Fsp3) is 0.188. The van der Waals surface area contributed by atoms with Crippen LogP contribution in [0.4, 0.5) is 13.2 Å². The summed E-state index contributed by atoms with van der Waals surface area (Å²) in [7, 11) is 0. The van der Waals surface area contributed by atoms with Crippen molar-refractivity contribution in [3.8, 4) is 11.5 Å². The predicted octanol–water partition coefficient (Wildman–Crippen LogP) is 6.73. The summed E-state index contributed by atoms with van der Waals surface area (Å²) in [5.41, 5.74) is 2.52. The molecule has 0 aliphatic rings. The Bertz CT molecular complexity index is 1630. The molecule has 0 radical (unpaired) electrons. The van der Waals surface area contributed by atoms with Gasteiger partial charge in [-0.25, -0.2) is 8.78 Å². The molecular formula is C32H28F3NO6. The minimum atomic E-state index is -1.05. The van der Waals surface area contributed by atoms with E-state index in [-0.39, 0.29) is 31.9 Å². The van der Waals surface area contributed by atoms with Gasteiger partial charge in [-0.05, 0) is 72.5 Å². The third-order valence-corrected chi connectivity index (χ3v) is 6.29. The molecule has 42 heavy (non-hydrogen) atoms. The number of hydrogen-bond acceptors (Lipinski definition) is 4. The Balaban J connectivity index is 1.41. The molecule has 0 unspecified atom stereocenters. The van der Waals surface area contributed by atoms with Crippen LogP contribution >= 0.6 is 0 Å². The van der Waals surface area contributed by atoms with Crippen LogP contribution in [-0.2, 0) is 22.6 Å². The Morgan fingerprint density at radius 2 is 1.62 bits per heavy atom. The first-order valence-corrected chi connectivity index (χ1v) is 13.1. The first kappa shape index (κ1) is 30.0. The van der Waals surface area contributed by atoms with Crippen molar-refractivity contribution in [1.82, 2.24) is 4.57 Å². The number of aliphatic carboxylic acids is 2. The first-order valence-electron chi connectivity index (χ1n) is 13.1. The molecule has 0 fully saturated rings. The maximum Gasteiger partial charge on any atom is 0.323 e. The molecule has 0 saturated heterocycles. The van der Waals surface area contributed by atoms with Crippen molar-refractivity contribution in [2.45, 2.75) is 25.8 Å². The topological polar surface area (TPSA) is 98.0 Å². The van der Waals surface area contributed by atoms with E-state index in [2.05, 4.69) is 0 Å². The second-order valence-corrected chi connectivity index (χ2v) is 9.36. The smallest absolute Gasteiger partial charge is 0.323 e. The first-order chi connectivity index (χ1) is 20.2. The minimum absolute atomic E-state index is 0.0422. The van der Waals surface area contributed by atoms with Gasteiger partial charge in [0.1, 0.15) is 31.3 Å². The molecule has 0 spiro atoms. The van der Waals surface area contributed by atoms with Gasteiger partial charge in [0.05, 0.1) is 5.52 Å². The maximum atomic E-state index is 14.6. The number of nitrogens with zero attached hydrogens (tertiary/aromatic N) is 1. The second-order valence-electron chi connectivity index (χ2n) is 9.36. The van der Waals surface area contributed by atoms with E-state index in [1.807, 2.05) is 0 Å². The third kappa shape index (κ3) is 8.03. The SMILES string of the molecule is O=C(O)CCCc1cn(CC(=O)O)c2c(C=Cc3ccc(OC/C=C/COc4cccc(F)c4F)cc3)cc(F)cc12. The van der Waals surface area contributed by atoms with Gasteiger partial charge in [-0.3, -0.25) is 9.59 Å². The Morgan fingerprint density at radius 1 is 0.881 bits per heavy atom. The minimum Gasteiger partial charge on any atom is -0.490 e. The van der Waals surface area contributed by atoms with Crippen molar-refractivity contribution in [2.24, 2.45) is 0 Å². The second kappa shape index (κ2) is 14.1. The highest BCUT2D eigenvalue weighted by atomic mass is 19.2. The van der Waals surface area contributed by atoms with Gasteiger partial charge < -0.3 is 24.3 Å². The molecule has 218 valence electrons. The summed E-state index contributed by atoms with van der Waals surface area (Å²) in [6.45, 7) is -0.0580. The van der Waals surface area contributed by atoms with E-state index in [0.29, 0.717) is 40.6 Å². The van der Waals surface area contributed by atoms with E-state index in [9.17, 15) is 27.9 Å². The molecule has 0 atom stereocenters. The number of benzene rings is 3. The number of carbonyl (C=O) groups is 2. The Hall–Kier alpha value is -4.99. The zero-order valence-electron chi connectivity index (χ0n) is 22.4. The number of ether oxygens (including phenoxy) is 2. The highest BCUT2D eigenvalue weighted by Gasteiger charge is 2.15. The maximum absolute atomic E-state index is 14.6. The van der Waals surface area contributed by atoms with Crippen molar-refractivity contribution in [1.29, 1.82) is 0 Å². The quantitative estimate of drug-likeness (QED) is 0.127. The Kier molecular flexibility index (Phi) is 10.0. The molecule has 7 nitrogen and oxygen atoms in total. The normalized spacial score (nSPS) is 11.5. The average molecular weight is 580 g/mol. The van der Waals surface area contributed by atoms with Crippen LogP contribution in [0.5, 0.6) is 11.5 Å². The molecule has 0 bridgehead atoms. The molecule has 3 aromatic carbocycles. The molecule has 0 aliphatic heterocycles. The molecule has 1 heterocycles. The lowest BCUT2D eigenvalue weighted by molar-refractivity contribution is -0.138. The van der Waals surface area contributed by atoms with Crippen LogP contribution in [0.1, 0.15) is 29.5 Å². The van der Waals surface area contributed by atoms with Crippen molar-refractivity contribution in [3.63, 3.8) is 0 Å². The third-order valence-electron chi connectivity index (χ3n) is 6.29. The standard InChI is InChI=1S/C32H28F3NO6/c33-24-17-22(32-26(18-24)23(5-3-8-29(37)38)19-36(32)20-30(39)40)12-9-21-10-13-25(14-11-21)41-15-1-2-16-42-28-7-4-6-27(34)31(28)35/h1-2,4,6-7,9-14,17-19H,3,5,8,15-16,20H2,(H,37,38)(H,39,40)/b2-1+,12-9?. The van der Waals surface area contributed by atoms with Crippen LogP contribution in [0, 0.1) is 17.5 Å². The lowest BCUT2D eigenvalue weighted by Crippen LogP contribution is -2.08. The molecule has 4 aromatic rings. The van der Waals surface area contributed by atoms with E-state index in [1.165, 1.54) is 28.8 Å². The number of aromatic nitrogens is 1. The van der Waals surface area contributed by atoms with Gasteiger partial charge in [0.25, 0.3) is 0 Å². The van der Waals surface area contributed by atoms with Crippen LogP contribution in [0.3, 0.4) is 0 Å². The van der Waals surface area contributed by atoms with E-state index in [0.717, 1.165) is 11.6 Å². The number of carboxylic acids is 2. The van der Waals surface area contributed by atoms with Crippen LogP contribution in [0.2, 0.25) is 0 Å². The van der Waals surface area contributed by atoms with Gasteiger partial charge in [0.15, 0.2) is 11.6 Å². The summed E-state index contributed by atoms with van der Waals surface area (Å²) >= 11 is 0. The summed E-state index contributed by atoms with van der Waals surface area (Å²) in [6.07, 6.45) is 9.09. The Labute approximate surface area is 239 Å². The highest BCUT2D eigenvalue weighted by Crippen LogP contribution is 2.29. The molecule has 10 heteroatoms. The monoisotopic (exact) mass is 579 g/mol. The molecule has 1 aromatic heterocycles. The Morgan fingerprint density at radius 3 is 2.33 bits per heavy atom. The van der Waals surface area contributed by atoms with E-state index >= 15 is 0 Å². The average Bonchev–Trinajstić information content (AvgIpc) is 3.28. The van der Waals surface area contributed by atoms with Crippen molar-refractivity contribution < 1.29 is 42.4 Å². The zero-order valence-corrected chi connectivity index (χ0v) is 22.4. The van der Waals surface area contributed by atoms with Gasteiger partial charge in [0.2, 0.25) is 5.82 Å². The van der Waals surface area contributed by atoms with Crippen LogP contribution in [-0.4, -0.2) is 39.9 Å². The number of halogens is 3. The lowest BCUT2D eigenvalue weighted by atomic mass is 10.0. The van der Waals surface area contributed by atoms with Crippen molar-refractivity contribution in [2.75, 3.05) is 13.2 Å². The highest BCUT2D eigenvalue weighted by molar-refractivity contribution is 5.94. The number of aryl methyl sites for hydroxylation is 1. The predicted molar refractivity (Wildman–Crippen MR) is 152 cm³/mol. The number of rotatable bonds is 14. The fourth-order valence-electron chi connectivity index (χ4n) is 4.41. The van der Waals surface area contributed by atoms with Gasteiger partial charge in [-0.15, -0.1) is 0 Å². The van der Waals surface area contributed by atoms with Crippen LogP contribution in [0.25, 0.3) is 23.1 Å². The molecule has 4 rings (SSSR count). The summed E-state index contributed by atoms with van der Waals surface area (Å²) in [4.78, 5) is 22.4. The summed E-state index contributed by atoms with van der Waals surface area (Å²) in [5, 5.41) is 18.9. The number of hydrogen-bond donors (Lipinski definition) is 2. The van der Waals surface area contributed by atoms with Gasteiger partial charge in [-0.2, -0.15) is 4.39 Å². The summed E-state index contributed by atoms with van der Waals surface area (Å²) in [5.74, 6) is -4.08. The van der Waals surface area contributed by atoms with E-state index in [4.69, 9.17) is 14.6 Å². The molecule has 2 N–H and O–H groups in total. The number of carboxylic acid groups (broad SMARTS) is 2. The van der Waals surface area contributed by atoms with E-state index in [1.54, 1.807) is 54.8 Å². The largest absolute Gasteiger partial charge is 0.490 e. The molecule has 0 aliphatic carbocycles. The lowest BCUT2D eigenvalue weighted by Gasteiger charge is -2.06. The summed E-state index contributed by atoms with van der Waals surface area (Å²) < 4.78 is 53.8. The summed E-state index contributed by atoms with van der Waals surface area (Å²) in [6, 6.07) is 13.5. The molecule has 0 saturated carbocycles. The number of fused-ring (bicyclic) bond motifs is 1. The van der Waals surface area contributed by atoms with Gasteiger partial charge in [-0.1, -0.05) is 30.4 Å².